The molecule has 56 heavy (non-hydrogen) atoms. The van der Waals surface area contributed by atoms with Gasteiger partial charge < -0.3 is 4.42 Å². The van der Waals surface area contributed by atoms with E-state index >= 15 is 0 Å². The third-order valence-electron chi connectivity index (χ3n) is 10.6. The highest BCUT2D eigenvalue weighted by atomic mass is 16.3. The third-order valence-corrected chi connectivity index (χ3v) is 10.6. The maximum absolute atomic E-state index is 6.16. The third kappa shape index (κ3) is 5.37. The van der Waals surface area contributed by atoms with Gasteiger partial charge in [0.25, 0.3) is 0 Å². The van der Waals surface area contributed by atoms with E-state index in [0.29, 0.717) is 5.82 Å². The Morgan fingerprint density at radius 3 is 1.79 bits per heavy atom. The number of hydrogen-bond donors (Lipinski definition) is 0. The molecule has 5 nitrogen and oxygen atoms in total. The van der Waals surface area contributed by atoms with E-state index in [1.54, 1.807) is 0 Å². The SMILES string of the molecule is c1ccc(-c2cc(-c3ccc4oc5ccccc5c4c3)nc(-c3cccc(-c4nn5c(-c6ccccc6)cc6ccccc6c5c4-c4ccccc4)c3)n2)cc1. The first-order valence-electron chi connectivity index (χ1n) is 18.8. The minimum Gasteiger partial charge on any atom is -0.456 e. The summed E-state index contributed by atoms with van der Waals surface area (Å²) in [5.74, 6) is 0.640. The Hall–Kier alpha value is -7.63. The second-order valence-electron chi connectivity index (χ2n) is 14.1. The minimum absolute atomic E-state index is 0.640. The van der Waals surface area contributed by atoms with E-state index in [2.05, 4.69) is 156 Å². The van der Waals surface area contributed by atoms with Crippen molar-refractivity contribution in [2.45, 2.75) is 0 Å². The van der Waals surface area contributed by atoms with E-state index in [-0.39, 0.29) is 0 Å². The van der Waals surface area contributed by atoms with Gasteiger partial charge in [-0.05, 0) is 53.4 Å². The van der Waals surface area contributed by atoms with Crippen molar-refractivity contribution in [3.8, 4) is 67.5 Å². The molecule has 0 amide bonds. The molecule has 4 aromatic heterocycles. The second kappa shape index (κ2) is 13.0. The van der Waals surface area contributed by atoms with Crippen molar-refractivity contribution in [3.63, 3.8) is 0 Å². The van der Waals surface area contributed by atoms with Crippen LogP contribution in [-0.4, -0.2) is 19.6 Å². The Bertz CT molecular complexity index is 3240. The summed E-state index contributed by atoms with van der Waals surface area (Å²) in [5, 5.41) is 9.92. The lowest BCUT2D eigenvalue weighted by molar-refractivity contribution is 0.669. The molecule has 0 aliphatic rings. The second-order valence-corrected chi connectivity index (χ2v) is 14.1. The van der Waals surface area contributed by atoms with Gasteiger partial charge in [-0.1, -0.05) is 152 Å². The van der Waals surface area contributed by atoms with Gasteiger partial charge in [0.05, 0.1) is 22.6 Å². The van der Waals surface area contributed by atoms with Gasteiger partial charge in [0.2, 0.25) is 0 Å². The van der Waals surface area contributed by atoms with E-state index in [1.165, 1.54) is 0 Å². The van der Waals surface area contributed by atoms with Crippen LogP contribution < -0.4 is 0 Å². The fourth-order valence-corrected chi connectivity index (χ4v) is 7.95. The van der Waals surface area contributed by atoms with Crippen LogP contribution in [0.5, 0.6) is 0 Å². The van der Waals surface area contributed by atoms with Crippen LogP contribution in [0.4, 0.5) is 0 Å². The number of furan rings is 1. The Labute approximate surface area is 322 Å². The molecule has 0 N–H and O–H groups in total. The average Bonchev–Trinajstić information content (AvgIpc) is 3.86. The molecule has 0 radical (unpaired) electrons. The molecule has 0 bridgehead atoms. The number of para-hydroxylation sites is 1. The van der Waals surface area contributed by atoms with Gasteiger partial charge in [-0.15, -0.1) is 0 Å². The van der Waals surface area contributed by atoms with Crippen molar-refractivity contribution < 1.29 is 4.42 Å². The van der Waals surface area contributed by atoms with Gasteiger partial charge in [-0.2, -0.15) is 5.10 Å². The first-order chi connectivity index (χ1) is 27.7. The van der Waals surface area contributed by atoms with Crippen LogP contribution >= 0.6 is 0 Å². The zero-order chi connectivity index (χ0) is 37.0. The van der Waals surface area contributed by atoms with Crippen molar-refractivity contribution in [1.29, 1.82) is 0 Å². The molecule has 0 aliphatic carbocycles. The topological polar surface area (TPSA) is 56.2 Å². The summed E-state index contributed by atoms with van der Waals surface area (Å²) in [7, 11) is 0. The van der Waals surface area contributed by atoms with Crippen molar-refractivity contribution in [2.24, 2.45) is 0 Å². The van der Waals surface area contributed by atoms with E-state index in [9.17, 15) is 0 Å². The highest BCUT2D eigenvalue weighted by Gasteiger charge is 2.22. The lowest BCUT2D eigenvalue weighted by Gasteiger charge is -2.11. The van der Waals surface area contributed by atoms with Gasteiger partial charge in [0, 0.05) is 49.5 Å². The van der Waals surface area contributed by atoms with E-state index in [4.69, 9.17) is 19.5 Å². The summed E-state index contributed by atoms with van der Waals surface area (Å²) in [5.41, 5.74) is 13.6. The van der Waals surface area contributed by atoms with Gasteiger partial charge in [0.15, 0.2) is 5.82 Å². The van der Waals surface area contributed by atoms with Gasteiger partial charge in [-0.3, -0.25) is 0 Å². The van der Waals surface area contributed by atoms with Crippen molar-refractivity contribution >= 4 is 38.2 Å². The average molecular weight is 717 g/mol. The molecular weight excluding hydrogens is 685 g/mol. The monoisotopic (exact) mass is 716 g/mol. The molecule has 11 rings (SSSR count). The highest BCUT2D eigenvalue weighted by molar-refractivity contribution is 6.09. The molecular formula is C51H32N4O. The Morgan fingerprint density at radius 1 is 0.393 bits per heavy atom. The maximum atomic E-state index is 6.16. The number of hydrogen-bond acceptors (Lipinski definition) is 4. The molecule has 0 unspecified atom stereocenters. The molecule has 0 spiro atoms. The molecule has 11 aromatic rings. The van der Waals surface area contributed by atoms with E-state index in [0.717, 1.165) is 99.9 Å². The molecule has 262 valence electrons. The summed E-state index contributed by atoms with van der Waals surface area (Å²) in [6.45, 7) is 0. The zero-order valence-corrected chi connectivity index (χ0v) is 30.2. The van der Waals surface area contributed by atoms with Crippen LogP contribution in [0.15, 0.2) is 199 Å². The number of pyridine rings is 1. The maximum Gasteiger partial charge on any atom is 0.160 e. The fourth-order valence-electron chi connectivity index (χ4n) is 7.95. The number of fused-ring (bicyclic) bond motifs is 6. The van der Waals surface area contributed by atoms with E-state index < -0.39 is 0 Å². The lowest BCUT2D eigenvalue weighted by Crippen LogP contribution is -1.96. The van der Waals surface area contributed by atoms with Gasteiger partial charge in [0.1, 0.15) is 16.9 Å². The fraction of sp³-hybridized carbons (Fsp3) is 0. The van der Waals surface area contributed by atoms with Crippen LogP contribution in [0, 0.1) is 0 Å². The van der Waals surface area contributed by atoms with Gasteiger partial charge in [-0.25, -0.2) is 14.5 Å². The normalized spacial score (nSPS) is 11.6. The standard InChI is InChI=1S/C51H32N4O/c1-4-15-33(16-5-1)43-32-44(37-27-28-47-42(30-37)41-25-12-13-26-46(41)56-47)53-51(52-43)39-23-14-22-38(29-39)49-48(35-19-8-3-9-20-35)50-40-24-11-10-21-36(40)31-45(55(50)54-49)34-17-6-2-7-18-34/h1-32H. The van der Waals surface area contributed by atoms with Crippen molar-refractivity contribution in [1.82, 2.24) is 19.6 Å². The van der Waals surface area contributed by atoms with Crippen LogP contribution in [0.2, 0.25) is 0 Å². The van der Waals surface area contributed by atoms with Gasteiger partial charge >= 0.3 is 0 Å². The zero-order valence-electron chi connectivity index (χ0n) is 30.2. The van der Waals surface area contributed by atoms with Crippen molar-refractivity contribution in [2.75, 3.05) is 0 Å². The molecule has 0 saturated heterocycles. The van der Waals surface area contributed by atoms with Crippen LogP contribution in [0.25, 0.3) is 106 Å². The van der Waals surface area contributed by atoms with Crippen LogP contribution in [-0.2, 0) is 0 Å². The Morgan fingerprint density at radius 2 is 1.00 bits per heavy atom. The number of benzene rings is 7. The number of nitrogens with zero attached hydrogens (tertiary/aromatic N) is 4. The molecule has 5 heteroatoms. The largest absolute Gasteiger partial charge is 0.456 e. The number of aromatic nitrogens is 4. The summed E-state index contributed by atoms with van der Waals surface area (Å²) >= 11 is 0. The predicted molar refractivity (Wildman–Crippen MR) is 228 cm³/mol. The molecule has 4 heterocycles. The first kappa shape index (κ1) is 31.9. The molecule has 0 atom stereocenters. The first-order valence-corrected chi connectivity index (χ1v) is 18.8. The molecule has 0 aliphatic heterocycles. The summed E-state index contributed by atoms with van der Waals surface area (Å²) in [6, 6.07) is 67.3. The molecule has 0 saturated carbocycles. The molecule has 0 fully saturated rings. The predicted octanol–water partition coefficient (Wildman–Crippen LogP) is 13.2. The number of rotatable bonds is 6. The smallest absolute Gasteiger partial charge is 0.160 e. The van der Waals surface area contributed by atoms with Crippen LogP contribution in [0.1, 0.15) is 0 Å². The highest BCUT2D eigenvalue weighted by Crippen LogP contribution is 2.42. The minimum atomic E-state index is 0.640. The quantitative estimate of drug-likeness (QED) is 0.172. The van der Waals surface area contributed by atoms with Crippen LogP contribution in [0.3, 0.4) is 0 Å². The van der Waals surface area contributed by atoms with E-state index in [1.807, 2.05) is 42.5 Å². The Kier molecular flexibility index (Phi) is 7.42. The summed E-state index contributed by atoms with van der Waals surface area (Å²) < 4.78 is 8.29. The molecule has 7 aromatic carbocycles. The van der Waals surface area contributed by atoms with Crippen molar-refractivity contribution in [3.05, 3.63) is 194 Å². The summed E-state index contributed by atoms with van der Waals surface area (Å²) in [6.07, 6.45) is 0. The summed E-state index contributed by atoms with van der Waals surface area (Å²) in [4.78, 5) is 10.5. The Balaban J connectivity index is 1.13. The lowest BCUT2D eigenvalue weighted by atomic mass is 9.96.